The van der Waals surface area contributed by atoms with Gasteiger partial charge in [0.1, 0.15) is 5.75 Å². The molecular weight excluding hydrogens is 324 g/mol. The van der Waals surface area contributed by atoms with Crippen molar-refractivity contribution in [2.75, 3.05) is 25.4 Å². The molecule has 0 aromatic carbocycles. The van der Waals surface area contributed by atoms with E-state index in [2.05, 4.69) is 11.6 Å². The van der Waals surface area contributed by atoms with Gasteiger partial charge in [0.15, 0.2) is 6.10 Å². The van der Waals surface area contributed by atoms with Crippen molar-refractivity contribution in [2.24, 2.45) is 5.92 Å². The third-order valence-electron chi connectivity index (χ3n) is 4.37. The summed E-state index contributed by atoms with van der Waals surface area (Å²) in [6, 6.07) is -0.111. The first-order valence-corrected chi connectivity index (χ1v) is 9.54. The average molecular weight is 348 g/mol. The number of carboxylic acid groups (broad SMARTS) is 1. The molecule has 1 amide bonds. The number of rotatable bonds is 5. The summed E-state index contributed by atoms with van der Waals surface area (Å²) in [6.45, 7) is 2.33. The van der Waals surface area contributed by atoms with Crippen LogP contribution in [0.2, 0.25) is 0 Å². The molecule has 2 rings (SSSR count). The number of hydrogen-bond donors (Lipinski definition) is 2. The highest BCUT2D eigenvalue weighted by Crippen LogP contribution is 2.23. The van der Waals surface area contributed by atoms with E-state index in [1.54, 1.807) is 0 Å². The zero-order valence-corrected chi connectivity index (χ0v) is 14.0. The van der Waals surface area contributed by atoms with Crippen molar-refractivity contribution in [1.82, 2.24) is 9.62 Å². The van der Waals surface area contributed by atoms with Gasteiger partial charge in [-0.25, -0.2) is 17.9 Å². The summed E-state index contributed by atoms with van der Waals surface area (Å²) in [5, 5.41) is 8.91. The van der Waals surface area contributed by atoms with Crippen LogP contribution in [0.4, 0.5) is 0 Å². The van der Waals surface area contributed by atoms with Crippen molar-refractivity contribution < 1.29 is 27.9 Å². The highest BCUT2D eigenvalue weighted by molar-refractivity contribution is 7.90. The van der Waals surface area contributed by atoms with Gasteiger partial charge in [0.2, 0.25) is 15.9 Å². The summed E-state index contributed by atoms with van der Waals surface area (Å²) < 4.78 is 31.9. The number of morpholine rings is 1. The van der Waals surface area contributed by atoms with Gasteiger partial charge in [-0.2, -0.15) is 0 Å². The molecule has 132 valence electrons. The Morgan fingerprint density at radius 2 is 1.91 bits per heavy atom. The lowest BCUT2D eigenvalue weighted by atomic mass is 9.88. The molecule has 0 aromatic rings. The van der Waals surface area contributed by atoms with Gasteiger partial charge in [-0.1, -0.05) is 6.92 Å². The van der Waals surface area contributed by atoms with Gasteiger partial charge in [0.25, 0.3) is 0 Å². The summed E-state index contributed by atoms with van der Waals surface area (Å²) in [5.41, 5.74) is 0. The number of hydrogen-bond acceptors (Lipinski definition) is 5. The Balaban J connectivity index is 1.86. The van der Waals surface area contributed by atoms with Gasteiger partial charge in [0, 0.05) is 12.6 Å². The summed E-state index contributed by atoms with van der Waals surface area (Å²) in [4.78, 5) is 24.3. The van der Waals surface area contributed by atoms with Gasteiger partial charge in [-0.05, 0) is 31.6 Å². The Morgan fingerprint density at radius 1 is 1.26 bits per heavy atom. The molecular formula is C14H24N2O6S. The smallest absolute Gasteiger partial charge is 0.334 e. The molecule has 0 bridgehead atoms. The number of nitrogens with zero attached hydrogens (tertiary/aromatic N) is 1. The van der Waals surface area contributed by atoms with Crippen molar-refractivity contribution in [2.45, 2.75) is 44.8 Å². The van der Waals surface area contributed by atoms with E-state index in [4.69, 9.17) is 9.84 Å². The maximum atomic E-state index is 12.1. The molecule has 1 atom stereocenters. The monoisotopic (exact) mass is 348 g/mol. The second-order valence-electron chi connectivity index (χ2n) is 6.37. The zero-order valence-electron chi connectivity index (χ0n) is 13.2. The average Bonchev–Trinajstić information content (AvgIpc) is 2.49. The van der Waals surface area contributed by atoms with Gasteiger partial charge < -0.3 is 14.7 Å². The maximum absolute atomic E-state index is 12.1. The zero-order chi connectivity index (χ0) is 17.0. The predicted octanol–water partition coefficient (Wildman–Crippen LogP) is -0.203. The van der Waals surface area contributed by atoms with Gasteiger partial charge in [-0.15, -0.1) is 0 Å². The van der Waals surface area contributed by atoms with Crippen LogP contribution in [0, 0.1) is 5.92 Å². The third kappa shape index (κ3) is 5.43. The topological polar surface area (TPSA) is 113 Å². The first-order valence-electron chi connectivity index (χ1n) is 7.89. The predicted molar refractivity (Wildman–Crippen MR) is 82.3 cm³/mol. The van der Waals surface area contributed by atoms with Gasteiger partial charge in [-0.3, -0.25) is 4.79 Å². The first kappa shape index (κ1) is 18.2. The Hall–Kier alpha value is -1.19. The van der Waals surface area contributed by atoms with E-state index in [1.807, 2.05) is 0 Å². The molecule has 0 radical (unpaired) electrons. The van der Waals surface area contributed by atoms with E-state index >= 15 is 0 Å². The summed E-state index contributed by atoms with van der Waals surface area (Å²) in [5.74, 6) is -1.78. The molecule has 2 fully saturated rings. The molecule has 9 heteroatoms. The quantitative estimate of drug-likeness (QED) is 0.711. The van der Waals surface area contributed by atoms with Crippen LogP contribution in [0.15, 0.2) is 0 Å². The van der Waals surface area contributed by atoms with Crippen molar-refractivity contribution in [3.63, 3.8) is 0 Å². The van der Waals surface area contributed by atoms with Gasteiger partial charge in [0.05, 0.1) is 13.2 Å². The Morgan fingerprint density at radius 3 is 2.52 bits per heavy atom. The highest BCUT2D eigenvalue weighted by atomic mass is 32.2. The lowest BCUT2D eigenvalue weighted by Crippen LogP contribution is -2.51. The fourth-order valence-electron chi connectivity index (χ4n) is 2.95. The summed E-state index contributed by atoms with van der Waals surface area (Å²) >= 11 is 0. The SMILES string of the molecule is CC1CCC(NS(=O)(=O)CC(=O)N2CCOC(C(=O)O)C2)CC1. The fourth-order valence-corrected chi connectivity index (χ4v) is 4.29. The second-order valence-corrected chi connectivity index (χ2v) is 8.13. The van der Waals surface area contributed by atoms with Crippen LogP contribution >= 0.6 is 0 Å². The number of ether oxygens (including phenoxy) is 1. The Kier molecular flexibility index (Phi) is 5.99. The van der Waals surface area contributed by atoms with Crippen LogP contribution in [0.3, 0.4) is 0 Å². The molecule has 1 unspecified atom stereocenters. The summed E-state index contributed by atoms with van der Waals surface area (Å²) in [6.07, 6.45) is 2.43. The van der Waals surface area contributed by atoms with E-state index < -0.39 is 33.8 Å². The number of carboxylic acids is 1. The van der Waals surface area contributed by atoms with Gasteiger partial charge >= 0.3 is 5.97 Å². The lowest BCUT2D eigenvalue weighted by molar-refractivity contribution is -0.158. The minimum absolute atomic E-state index is 0.0939. The van der Waals surface area contributed by atoms with Crippen LogP contribution in [0.5, 0.6) is 0 Å². The van der Waals surface area contributed by atoms with E-state index in [0.29, 0.717) is 5.92 Å². The normalized spacial score (nSPS) is 29.3. The van der Waals surface area contributed by atoms with Crippen molar-refractivity contribution >= 4 is 21.9 Å². The lowest BCUT2D eigenvalue weighted by Gasteiger charge is -2.31. The Bertz CT molecular complexity index is 541. The van der Waals surface area contributed by atoms with Crippen molar-refractivity contribution in [1.29, 1.82) is 0 Å². The van der Waals surface area contributed by atoms with Crippen LogP contribution in [-0.2, 0) is 24.3 Å². The molecule has 1 saturated heterocycles. The Labute approximate surface area is 136 Å². The molecule has 0 aromatic heterocycles. The molecule has 0 spiro atoms. The number of carbonyl (C=O) groups excluding carboxylic acids is 1. The molecule has 1 saturated carbocycles. The van der Waals surface area contributed by atoms with Crippen LogP contribution in [0.1, 0.15) is 32.6 Å². The largest absolute Gasteiger partial charge is 0.479 e. The van der Waals surface area contributed by atoms with E-state index in [-0.39, 0.29) is 25.7 Å². The number of carbonyl (C=O) groups is 2. The van der Waals surface area contributed by atoms with E-state index in [1.165, 1.54) is 4.90 Å². The van der Waals surface area contributed by atoms with Crippen LogP contribution < -0.4 is 4.72 Å². The van der Waals surface area contributed by atoms with E-state index in [9.17, 15) is 18.0 Å². The minimum atomic E-state index is -3.71. The minimum Gasteiger partial charge on any atom is -0.479 e. The maximum Gasteiger partial charge on any atom is 0.334 e. The van der Waals surface area contributed by atoms with Crippen molar-refractivity contribution in [3.8, 4) is 0 Å². The fraction of sp³-hybridized carbons (Fsp3) is 0.857. The van der Waals surface area contributed by atoms with Crippen molar-refractivity contribution in [3.05, 3.63) is 0 Å². The molecule has 23 heavy (non-hydrogen) atoms. The molecule has 1 aliphatic carbocycles. The number of amides is 1. The van der Waals surface area contributed by atoms with E-state index in [0.717, 1.165) is 25.7 Å². The summed E-state index contributed by atoms with van der Waals surface area (Å²) in [7, 11) is -3.71. The number of nitrogens with one attached hydrogen (secondary N) is 1. The first-order chi connectivity index (χ1) is 10.8. The molecule has 2 N–H and O–H groups in total. The number of aliphatic carboxylic acids is 1. The third-order valence-corrected chi connectivity index (χ3v) is 5.69. The molecule has 1 aliphatic heterocycles. The van der Waals surface area contributed by atoms with Crippen LogP contribution in [0.25, 0.3) is 0 Å². The molecule has 8 nitrogen and oxygen atoms in total. The molecule has 1 heterocycles. The van der Waals surface area contributed by atoms with Crippen LogP contribution in [-0.4, -0.2) is 67.9 Å². The number of sulfonamides is 1. The second kappa shape index (κ2) is 7.59. The highest BCUT2D eigenvalue weighted by Gasteiger charge is 2.32. The molecule has 2 aliphatic rings. The standard InChI is InChI=1S/C14H24N2O6S/c1-10-2-4-11(5-3-10)15-23(20,21)9-13(17)16-6-7-22-12(8-16)14(18)19/h10-12,15H,2-9H2,1H3,(H,18,19).